The maximum atomic E-state index is 12.1. The second-order valence-corrected chi connectivity index (χ2v) is 7.08. The van der Waals surface area contributed by atoms with Gasteiger partial charge in [-0.25, -0.2) is 4.79 Å². The SMILES string of the molecule is O=C1CCCC/C=C\CCC[C@@H]2C[C@H](C[C@](O)([C@@H]3COC(=O)N3)O2)O1. The van der Waals surface area contributed by atoms with Gasteiger partial charge in [-0.15, -0.1) is 0 Å². The third-order valence-corrected chi connectivity index (χ3v) is 5.00. The molecule has 1 amide bonds. The van der Waals surface area contributed by atoms with Crippen molar-refractivity contribution in [1.29, 1.82) is 0 Å². The maximum absolute atomic E-state index is 12.1. The van der Waals surface area contributed by atoms with Crippen molar-refractivity contribution in [2.75, 3.05) is 6.61 Å². The maximum Gasteiger partial charge on any atom is 0.407 e. The van der Waals surface area contributed by atoms with Gasteiger partial charge in [0.25, 0.3) is 0 Å². The Balaban J connectivity index is 1.70. The van der Waals surface area contributed by atoms with Crippen molar-refractivity contribution in [1.82, 2.24) is 5.32 Å². The number of amides is 1. The summed E-state index contributed by atoms with van der Waals surface area (Å²) in [5.41, 5.74) is 0. The molecule has 25 heavy (non-hydrogen) atoms. The van der Waals surface area contributed by atoms with E-state index in [1.165, 1.54) is 0 Å². The highest BCUT2D eigenvalue weighted by atomic mass is 16.6. The van der Waals surface area contributed by atoms with Gasteiger partial charge in [0.2, 0.25) is 0 Å². The van der Waals surface area contributed by atoms with E-state index >= 15 is 0 Å². The predicted molar refractivity (Wildman–Crippen MR) is 88.7 cm³/mol. The number of hydrogen-bond acceptors (Lipinski definition) is 6. The third kappa shape index (κ3) is 4.95. The monoisotopic (exact) mass is 353 g/mol. The molecular formula is C18H27NO6. The molecule has 0 aromatic heterocycles. The Morgan fingerprint density at radius 2 is 1.92 bits per heavy atom. The Morgan fingerprint density at radius 3 is 2.68 bits per heavy atom. The highest BCUT2D eigenvalue weighted by molar-refractivity contribution is 5.70. The van der Waals surface area contributed by atoms with Gasteiger partial charge < -0.3 is 24.6 Å². The van der Waals surface area contributed by atoms with Crippen LogP contribution in [-0.2, 0) is 19.0 Å². The molecule has 3 rings (SSSR count). The molecule has 0 aromatic rings. The van der Waals surface area contributed by atoms with Gasteiger partial charge in [-0.05, 0) is 38.5 Å². The van der Waals surface area contributed by atoms with Crippen molar-refractivity contribution in [2.24, 2.45) is 0 Å². The summed E-state index contributed by atoms with van der Waals surface area (Å²) in [5.74, 6) is -1.81. The van der Waals surface area contributed by atoms with Crippen LogP contribution in [0.1, 0.15) is 57.8 Å². The van der Waals surface area contributed by atoms with E-state index < -0.39 is 24.0 Å². The molecule has 3 aliphatic rings. The van der Waals surface area contributed by atoms with Gasteiger partial charge in [-0.2, -0.15) is 0 Å². The number of nitrogens with one attached hydrogen (secondary N) is 1. The number of carbonyl (C=O) groups excluding carboxylic acids is 2. The molecular weight excluding hydrogens is 326 g/mol. The van der Waals surface area contributed by atoms with Crippen molar-refractivity contribution >= 4 is 12.1 Å². The van der Waals surface area contributed by atoms with Crippen LogP contribution in [0.2, 0.25) is 0 Å². The fourth-order valence-corrected chi connectivity index (χ4v) is 3.68. The number of aliphatic hydroxyl groups is 1. The Labute approximate surface area is 147 Å². The van der Waals surface area contributed by atoms with Crippen molar-refractivity contribution in [3.63, 3.8) is 0 Å². The zero-order valence-electron chi connectivity index (χ0n) is 14.4. The smallest absolute Gasteiger partial charge is 0.407 e. The van der Waals surface area contributed by atoms with Crippen LogP contribution in [0.5, 0.6) is 0 Å². The molecule has 2 bridgehead atoms. The first-order chi connectivity index (χ1) is 12.0. The summed E-state index contributed by atoms with van der Waals surface area (Å²) in [6.45, 7) is 0.0471. The summed E-state index contributed by atoms with van der Waals surface area (Å²) in [6, 6.07) is -0.650. The van der Waals surface area contributed by atoms with Crippen molar-refractivity contribution < 1.29 is 28.9 Å². The minimum atomic E-state index is -1.58. The van der Waals surface area contributed by atoms with Crippen LogP contribution < -0.4 is 5.32 Å². The normalized spacial score (nSPS) is 38.8. The molecule has 0 radical (unpaired) electrons. The van der Waals surface area contributed by atoms with Gasteiger partial charge in [0.1, 0.15) is 18.8 Å². The Hall–Kier alpha value is -1.60. The number of fused-ring (bicyclic) bond motifs is 2. The lowest BCUT2D eigenvalue weighted by molar-refractivity contribution is -0.286. The molecule has 0 aliphatic carbocycles. The van der Waals surface area contributed by atoms with Crippen LogP contribution in [0.3, 0.4) is 0 Å². The predicted octanol–water partition coefficient (Wildman–Crippen LogP) is 2.17. The van der Waals surface area contributed by atoms with E-state index in [0.717, 1.165) is 38.5 Å². The van der Waals surface area contributed by atoms with Crippen LogP contribution >= 0.6 is 0 Å². The van der Waals surface area contributed by atoms with E-state index in [4.69, 9.17) is 14.2 Å². The number of cyclic esters (lactones) is 1. The molecule has 0 unspecified atom stereocenters. The summed E-state index contributed by atoms with van der Waals surface area (Å²) in [6.07, 6.45) is 9.65. The number of alkyl carbamates (subject to hydrolysis) is 1. The lowest BCUT2D eigenvalue weighted by Gasteiger charge is -2.43. The number of allylic oxidation sites excluding steroid dienone is 2. The van der Waals surface area contributed by atoms with Crippen LogP contribution in [0, 0.1) is 0 Å². The average molecular weight is 353 g/mol. The van der Waals surface area contributed by atoms with Gasteiger partial charge in [-0.1, -0.05) is 12.2 Å². The lowest BCUT2D eigenvalue weighted by atomic mass is 9.91. The van der Waals surface area contributed by atoms with Crippen LogP contribution in [0.15, 0.2) is 12.2 Å². The van der Waals surface area contributed by atoms with E-state index in [2.05, 4.69) is 17.5 Å². The zero-order chi connectivity index (χ0) is 17.7. The fourth-order valence-electron chi connectivity index (χ4n) is 3.68. The van der Waals surface area contributed by atoms with Gasteiger partial charge >= 0.3 is 12.1 Å². The van der Waals surface area contributed by atoms with Crippen molar-refractivity contribution in [2.45, 2.75) is 81.8 Å². The number of carbonyl (C=O) groups is 2. The van der Waals surface area contributed by atoms with Crippen LogP contribution in [0.25, 0.3) is 0 Å². The fraction of sp³-hybridized carbons (Fsp3) is 0.778. The number of hydrogen-bond donors (Lipinski definition) is 2. The Bertz CT molecular complexity index is 522. The van der Waals surface area contributed by atoms with Gasteiger partial charge in [0.15, 0.2) is 5.79 Å². The van der Waals surface area contributed by atoms with E-state index in [1.807, 2.05) is 0 Å². The first-order valence-electron chi connectivity index (χ1n) is 9.23. The summed E-state index contributed by atoms with van der Waals surface area (Å²) in [5, 5.41) is 13.5. The van der Waals surface area contributed by atoms with Gasteiger partial charge in [0, 0.05) is 19.3 Å². The average Bonchev–Trinajstić information content (AvgIpc) is 2.99. The van der Waals surface area contributed by atoms with Crippen molar-refractivity contribution in [3.05, 3.63) is 12.2 Å². The van der Waals surface area contributed by atoms with E-state index in [0.29, 0.717) is 12.8 Å². The van der Waals surface area contributed by atoms with Crippen LogP contribution in [0.4, 0.5) is 4.79 Å². The van der Waals surface area contributed by atoms with E-state index in [1.54, 1.807) is 0 Å². The zero-order valence-corrected chi connectivity index (χ0v) is 14.4. The Kier molecular flexibility index (Phi) is 5.96. The van der Waals surface area contributed by atoms with Crippen LogP contribution in [-0.4, -0.2) is 47.8 Å². The molecule has 140 valence electrons. The van der Waals surface area contributed by atoms with E-state index in [9.17, 15) is 14.7 Å². The standard InChI is InChI=1S/C18H27NO6/c20-16-9-7-5-3-1-2-4-6-8-13-10-14(24-16)11-18(22,25-13)15-12-23-17(21)19-15/h1-2,13-15,22H,3-12H2,(H,19,21)/b2-1-/t13-,14-,15+,18-/m1/s1. The molecule has 0 aromatic carbocycles. The molecule has 3 aliphatic heterocycles. The molecule has 2 fully saturated rings. The highest BCUT2D eigenvalue weighted by Crippen LogP contribution is 2.35. The number of rotatable bonds is 1. The molecule has 3 heterocycles. The summed E-state index contributed by atoms with van der Waals surface area (Å²) < 4.78 is 16.4. The molecule has 2 saturated heterocycles. The second-order valence-electron chi connectivity index (χ2n) is 7.08. The first-order valence-corrected chi connectivity index (χ1v) is 9.23. The second kappa shape index (κ2) is 8.19. The summed E-state index contributed by atoms with van der Waals surface area (Å²) >= 11 is 0. The minimum Gasteiger partial charge on any atom is -0.462 e. The summed E-state index contributed by atoms with van der Waals surface area (Å²) in [7, 11) is 0. The van der Waals surface area contributed by atoms with Gasteiger partial charge in [0.05, 0.1) is 6.10 Å². The molecule has 0 spiro atoms. The molecule has 7 heteroatoms. The van der Waals surface area contributed by atoms with Crippen molar-refractivity contribution in [3.8, 4) is 0 Å². The minimum absolute atomic E-state index is 0.0471. The van der Waals surface area contributed by atoms with E-state index in [-0.39, 0.29) is 25.1 Å². The largest absolute Gasteiger partial charge is 0.462 e. The van der Waals surface area contributed by atoms with Gasteiger partial charge in [-0.3, -0.25) is 4.79 Å². The first kappa shape index (κ1) is 18.2. The third-order valence-electron chi connectivity index (χ3n) is 5.00. The Morgan fingerprint density at radius 1 is 1.12 bits per heavy atom. The quantitative estimate of drug-likeness (QED) is 0.554. The number of esters is 1. The summed E-state index contributed by atoms with van der Waals surface area (Å²) in [4.78, 5) is 23.4. The number of ether oxygens (including phenoxy) is 3. The highest BCUT2D eigenvalue weighted by Gasteiger charge is 2.50. The molecule has 7 nitrogen and oxygen atoms in total. The molecule has 0 saturated carbocycles. The lowest BCUT2D eigenvalue weighted by Crippen LogP contribution is -2.58. The molecule has 4 atom stereocenters. The topological polar surface area (TPSA) is 94.1 Å². The molecule has 2 N–H and O–H groups in total.